The normalized spacial score (nSPS) is 19.2. The van der Waals surface area contributed by atoms with E-state index in [2.05, 4.69) is 5.32 Å². The van der Waals surface area contributed by atoms with E-state index in [1.807, 2.05) is 32.0 Å². The Morgan fingerprint density at radius 3 is 2.67 bits per heavy atom. The molecule has 3 aromatic rings. The second kappa shape index (κ2) is 8.94. The van der Waals surface area contributed by atoms with Crippen molar-refractivity contribution < 1.29 is 18.8 Å². The molecule has 0 spiro atoms. The minimum Gasteiger partial charge on any atom is -0.408 e. The lowest BCUT2D eigenvalue weighted by Crippen LogP contribution is -2.62. The minimum absolute atomic E-state index is 0.0272. The van der Waals surface area contributed by atoms with Crippen LogP contribution in [0, 0.1) is 0 Å². The summed E-state index contributed by atoms with van der Waals surface area (Å²) in [5.41, 5.74) is 1.88. The van der Waals surface area contributed by atoms with Gasteiger partial charge in [-0.15, -0.1) is 0 Å². The number of likely N-dealkylation sites (N-methyl/N-ethyl adjacent to an activating group) is 1. The fourth-order valence-electron chi connectivity index (χ4n) is 5.13. The van der Waals surface area contributed by atoms with Gasteiger partial charge in [-0.3, -0.25) is 23.9 Å². The molecule has 0 radical (unpaired) electrons. The van der Waals surface area contributed by atoms with Gasteiger partial charge in [0.1, 0.15) is 5.66 Å². The van der Waals surface area contributed by atoms with E-state index in [0.29, 0.717) is 54.0 Å². The summed E-state index contributed by atoms with van der Waals surface area (Å²) in [5.74, 6) is -0.925. The van der Waals surface area contributed by atoms with Crippen molar-refractivity contribution in [1.82, 2.24) is 14.4 Å². The summed E-state index contributed by atoms with van der Waals surface area (Å²) < 4.78 is 6.86. The molecule has 2 aliphatic heterocycles. The number of benzene rings is 2. The first-order valence-electron chi connectivity index (χ1n) is 12.0. The number of amides is 3. The maximum Gasteiger partial charge on any atom is 0.419 e. The molecule has 1 N–H and O–H groups in total. The van der Waals surface area contributed by atoms with E-state index in [-0.39, 0.29) is 30.7 Å². The molecule has 36 heavy (non-hydrogen) atoms. The Balaban J connectivity index is 1.32. The molecule has 10 heteroatoms. The molecule has 1 aromatic heterocycles. The zero-order valence-electron chi connectivity index (χ0n) is 20.6. The summed E-state index contributed by atoms with van der Waals surface area (Å²) in [4.78, 5) is 56.5. The van der Waals surface area contributed by atoms with Crippen molar-refractivity contribution in [2.24, 2.45) is 0 Å². The van der Waals surface area contributed by atoms with Gasteiger partial charge in [-0.05, 0) is 57.8 Å². The van der Waals surface area contributed by atoms with Gasteiger partial charge in [-0.2, -0.15) is 0 Å². The Hall–Kier alpha value is -3.92. The van der Waals surface area contributed by atoms with Crippen LogP contribution in [0.15, 0.2) is 51.7 Å². The molecular weight excluding hydrogens is 462 g/mol. The zero-order chi connectivity index (χ0) is 25.6. The monoisotopic (exact) mass is 491 g/mol. The smallest absolute Gasteiger partial charge is 0.408 e. The third kappa shape index (κ3) is 3.97. The molecule has 5 rings (SSSR count). The maximum absolute atomic E-state index is 13.3. The average molecular weight is 492 g/mol. The van der Waals surface area contributed by atoms with E-state index >= 15 is 0 Å². The SMILES string of the molecule is CN(C)CCn1c(=O)oc2ccc(NC(=O)CCN3C(=O)c4ccccc4N4C(=O)CCC34C)cc21. The molecule has 0 aliphatic carbocycles. The summed E-state index contributed by atoms with van der Waals surface area (Å²) in [5, 5.41) is 2.87. The van der Waals surface area contributed by atoms with Gasteiger partial charge in [0.25, 0.3) is 5.91 Å². The van der Waals surface area contributed by atoms with Crippen LogP contribution in [0.2, 0.25) is 0 Å². The molecule has 10 nitrogen and oxygen atoms in total. The van der Waals surface area contributed by atoms with Gasteiger partial charge in [-0.1, -0.05) is 12.1 Å². The van der Waals surface area contributed by atoms with E-state index in [0.717, 1.165) is 0 Å². The van der Waals surface area contributed by atoms with Crippen LogP contribution < -0.4 is 16.0 Å². The fraction of sp³-hybridized carbons (Fsp3) is 0.385. The summed E-state index contributed by atoms with van der Waals surface area (Å²) in [7, 11) is 3.84. The predicted octanol–water partition coefficient (Wildman–Crippen LogP) is 2.48. The van der Waals surface area contributed by atoms with Crippen LogP contribution >= 0.6 is 0 Å². The number of carbonyl (C=O) groups excluding carboxylic acids is 3. The topological polar surface area (TPSA) is 108 Å². The van der Waals surface area contributed by atoms with Crippen molar-refractivity contribution in [1.29, 1.82) is 0 Å². The third-order valence-electron chi connectivity index (χ3n) is 7.03. The largest absolute Gasteiger partial charge is 0.419 e. The number of hydrogen-bond acceptors (Lipinski definition) is 6. The van der Waals surface area contributed by atoms with Gasteiger partial charge in [-0.25, -0.2) is 4.79 Å². The average Bonchev–Trinajstić information content (AvgIpc) is 3.32. The Bertz CT molecular complexity index is 1420. The number of fused-ring (bicyclic) bond motifs is 4. The highest BCUT2D eigenvalue weighted by Crippen LogP contribution is 2.44. The van der Waals surface area contributed by atoms with Crippen LogP contribution in [0.5, 0.6) is 0 Å². The maximum atomic E-state index is 13.3. The summed E-state index contributed by atoms with van der Waals surface area (Å²) in [6.45, 7) is 3.17. The van der Waals surface area contributed by atoms with Gasteiger partial charge in [0, 0.05) is 38.2 Å². The van der Waals surface area contributed by atoms with Crippen LogP contribution in [0.4, 0.5) is 11.4 Å². The lowest BCUT2D eigenvalue weighted by atomic mass is 9.98. The number of nitrogens with zero attached hydrogens (tertiary/aromatic N) is 4. The number of aromatic nitrogens is 1. The highest BCUT2D eigenvalue weighted by molar-refractivity contribution is 6.10. The number of anilines is 2. The van der Waals surface area contributed by atoms with Gasteiger partial charge in [0.2, 0.25) is 11.8 Å². The third-order valence-corrected chi connectivity index (χ3v) is 7.03. The van der Waals surface area contributed by atoms with Gasteiger partial charge >= 0.3 is 5.76 Å². The molecule has 188 valence electrons. The number of carbonyl (C=O) groups is 3. The molecule has 1 atom stereocenters. The molecule has 1 unspecified atom stereocenters. The lowest BCUT2D eigenvalue weighted by molar-refractivity contribution is -0.117. The molecule has 0 saturated carbocycles. The van der Waals surface area contributed by atoms with Gasteiger partial charge in [0.15, 0.2) is 5.58 Å². The molecule has 2 aromatic carbocycles. The standard InChI is InChI=1S/C26H29N5O5/c1-26-12-10-23(33)31(26)19-7-5-4-6-18(19)24(34)30(26)13-11-22(32)27-17-8-9-21-20(16-17)29(25(35)36-21)15-14-28(2)3/h4-9,16H,10-15H2,1-3H3,(H,27,32). The van der Waals surface area contributed by atoms with E-state index in [1.165, 1.54) is 0 Å². The van der Waals surface area contributed by atoms with Crippen molar-refractivity contribution in [3.63, 3.8) is 0 Å². The van der Waals surface area contributed by atoms with Crippen LogP contribution in [-0.4, -0.2) is 64.9 Å². The van der Waals surface area contributed by atoms with Crippen LogP contribution in [0.25, 0.3) is 11.1 Å². The van der Waals surface area contributed by atoms with Crippen molar-refractivity contribution in [2.45, 2.75) is 38.4 Å². The summed E-state index contributed by atoms with van der Waals surface area (Å²) in [6, 6.07) is 12.2. The van der Waals surface area contributed by atoms with Gasteiger partial charge < -0.3 is 19.5 Å². The minimum atomic E-state index is -0.805. The first kappa shape index (κ1) is 23.8. The molecule has 2 aliphatic rings. The first-order chi connectivity index (χ1) is 17.2. The highest BCUT2D eigenvalue weighted by Gasteiger charge is 2.52. The number of nitrogens with one attached hydrogen (secondary N) is 1. The van der Waals surface area contributed by atoms with E-state index in [4.69, 9.17) is 4.42 Å². The Kier molecular flexibility index (Phi) is 5.91. The van der Waals surface area contributed by atoms with E-state index in [9.17, 15) is 19.2 Å². The predicted molar refractivity (Wildman–Crippen MR) is 135 cm³/mol. The van der Waals surface area contributed by atoms with Crippen molar-refractivity contribution in [3.8, 4) is 0 Å². The molecule has 3 heterocycles. The number of oxazole rings is 1. The molecular formula is C26H29N5O5. The molecule has 1 fully saturated rings. The Labute approximate surface area is 208 Å². The second-order valence-corrected chi connectivity index (χ2v) is 9.72. The molecule has 1 saturated heterocycles. The van der Waals surface area contributed by atoms with Crippen LogP contribution in [0.1, 0.15) is 36.5 Å². The Morgan fingerprint density at radius 1 is 1.11 bits per heavy atom. The van der Waals surface area contributed by atoms with E-state index < -0.39 is 11.4 Å². The van der Waals surface area contributed by atoms with Crippen molar-refractivity contribution >= 4 is 40.2 Å². The van der Waals surface area contributed by atoms with E-state index in [1.54, 1.807) is 50.8 Å². The van der Waals surface area contributed by atoms with Gasteiger partial charge in [0.05, 0.1) is 16.8 Å². The number of rotatable bonds is 7. The van der Waals surface area contributed by atoms with Crippen molar-refractivity contribution in [3.05, 3.63) is 58.6 Å². The Morgan fingerprint density at radius 2 is 1.89 bits per heavy atom. The zero-order valence-corrected chi connectivity index (χ0v) is 20.6. The summed E-state index contributed by atoms with van der Waals surface area (Å²) in [6.07, 6.45) is 0.915. The molecule has 0 bridgehead atoms. The fourth-order valence-corrected chi connectivity index (χ4v) is 5.13. The van der Waals surface area contributed by atoms with Crippen LogP contribution in [-0.2, 0) is 16.1 Å². The second-order valence-electron chi connectivity index (χ2n) is 9.72. The molecule has 3 amide bonds. The quantitative estimate of drug-likeness (QED) is 0.544. The highest BCUT2D eigenvalue weighted by atomic mass is 16.4. The lowest BCUT2D eigenvalue weighted by Gasteiger charge is -2.48. The summed E-state index contributed by atoms with van der Waals surface area (Å²) >= 11 is 0. The van der Waals surface area contributed by atoms with Crippen molar-refractivity contribution in [2.75, 3.05) is 37.4 Å². The first-order valence-corrected chi connectivity index (χ1v) is 12.0. The van der Waals surface area contributed by atoms with Crippen LogP contribution in [0.3, 0.4) is 0 Å². The number of hydrogen-bond donors (Lipinski definition) is 1. The number of para-hydroxylation sites is 1.